The van der Waals surface area contributed by atoms with Gasteiger partial charge in [-0.3, -0.25) is 0 Å². The van der Waals surface area contributed by atoms with Crippen LogP contribution in [0.5, 0.6) is 5.75 Å². The van der Waals surface area contributed by atoms with E-state index in [1.807, 2.05) is 25.5 Å². The Kier molecular flexibility index (Phi) is 10.3. The summed E-state index contributed by atoms with van der Waals surface area (Å²) in [4.78, 5) is 6.15. The lowest BCUT2D eigenvalue weighted by molar-refractivity contribution is 0.336. The molecule has 0 atom stereocenters. The second kappa shape index (κ2) is 12.7. The van der Waals surface area contributed by atoms with Gasteiger partial charge in [0.1, 0.15) is 11.6 Å². The molecule has 3 rings (SSSR count). The van der Waals surface area contributed by atoms with Crippen molar-refractivity contribution in [1.29, 1.82) is 0 Å². The van der Waals surface area contributed by atoms with Crippen LogP contribution in [-0.2, 0) is 26.6 Å². The summed E-state index contributed by atoms with van der Waals surface area (Å²) in [6.45, 7) is 8.52. The van der Waals surface area contributed by atoms with Crippen LogP contribution < -0.4 is 15.4 Å². The summed E-state index contributed by atoms with van der Waals surface area (Å²) in [7, 11) is 1.97. The highest BCUT2D eigenvalue weighted by atomic mass is 127. The molecule has 0 spiro atoms. The van der Waals surface area contributed by atoms with E-state index in [1.54, 1.807) is 11.3 Å². The molecule has 3 aromatic rings. The molecule has 0 aliphatic carbocycles. The normalized spacial score (nSPS) is 11.2. The Balaban J connectivity index is 0.00000341. The van der Waals surface area contributed by atoms with Gasteiger partial charge in [0.05, 0.1) is 19.7 Å². The van der Waals surface area contributed by atoms with E-state index in [0.29, 0.717) is 19.7 Å². The summed E-state index contributed by atoms with van der Waals surface area (Å²) in [6.07, 6.45) is 0.955. The highest BCUT2D eigenvalue weighted by molar-refractivity contribution is 14.0. The zero-order valence-corrected chi connectivity index (χ0v) is 21.7. The van der Waals surface area contributed by atoms with Crippen LogP contribution in [0.15, 0.2) is 40.7 Å². The number of rotatable bonds is 9. The van der Waals surface area contributed by atoms with Crippen LogP contribution in [0, 0.1) is 13.8 Å². The number of hydrogen-bond acceptors (Lipinski definition) is 5. The number of aromatic nitrogens is 3. The number of thiophene rings is 1. The monoisotopic (exact) mass is 554 g/mol. The molecule has 7 nitrogen and oxygen atoms in total. The second-order valence-corrected chi connectivity index (χ2v) is 8.07. The predicted octanol–water partition coefficient (Wildman–Crippen LogP) is 3.99. The zero-order valence-electron chi connectivity index (χ0n) is 18.5. The fourth-order valence-electron chi connectivity index (χ4n) is 2.95. The Hall–Kier alpha value is -2.14. The van der Waals surface area contributed by atoms with Crippen LogP contribution in [0.4, 0.5) is 0 Å². The van der Waals surface area contributed by atoms with Crippen molar-refractivity contribution in [2.24, 2.45) is 12.0 Å². The first kappa shape index (κ1) is 25.1. The molecule has 1 aromatic carbocycles. The van der Waals surface area contributed by atoms with Crippen molar-refractivity contribution in [3.8, 4) is 5.75 Å². The lowest BCUT2D eigenvalue weighted by atomic mass is 10.1. The van der Waals surface area contributed by atoms with E-state index in [-0.39, 0.29) is 24.0 Å². The molecular formula is C22H31IN6OS. The van der Waals surface area contributed by atoms with Crippen LogP contribution in [-0.4, -0.2) is 33.9 Å². The Morgan fingerprint density at radius 1 is 1.19 bits per heavy atom. The molecule has 0 saturated carbocycles. The van der Waals surface area contributed by atoms with Gasteiger partial charge in [-0.15, -0.1) is 45.5 Å². The Morgan fingerprint density at radius 2 is 2.03 bits per heavy atom. The van der Waals surface area contributed by atoms with Gasteiger partial charge in [0.25, 0.3) is 0 Å². The van der Waals surface area contributed by atoms with E-state index in [1.165, 1.54) is 10.4 Å². The van der Waals surface area contributed by atoms with Crippen molar-refractivity contribution < 1.29 is 4.74 Å². The number of aryl methyl sites for hydroxylation is 2. The molecule has 0 bridgehead atoms. The number of guanidine groups is 1. The molecule has 0 aliphatic rings. The van der Waals surface area contributed by atoms with Crippen molar-refractivity contribution >= 4 is 41.3 Å². The first-order chi connectivity index (χ1) is 14.6. The molecule has 0 unspecified atom stereocenters. The highest BCUT2D eigenvalue weighted by Crippen LogP contribution is 2.21. The fourth-order valence-corrected chi connectivity index (χ4v) is 3.66. The largest absolute Gasteiger partial charge is 0.494 e. The first-order valence-corrected chi connectivity index (χ1v) is 11.1. The Bertz CT molecular complexity index is 971. The van der Waals surface area contributed by atoms with Crippen molar-refractivity contribution in [2.75, 3.05) is 13.2 Å². The molecule has 0 saturated heterocycles. The third kappa shape index (κ3) is 7.49. The fraction of sp³-hybridized carbons (Fsp3) is 0.409. The maximum absolute atomic E-state index is 5.80. The van der Waals surface area contributed by atoms with Gasteiger partial charge in [0, 0.05) is 24.0 Å². The maximum Gasteiger partial charge on any atom is 0.191 e. The highest BCUT2D eigenvalue weighted by Gasteiger charge is 2.08. The number of benzene rings is 1. The summed E-state index contributed by atoms with van der Waals surface area (Å²) in [5.41, 5.74) is 2.24. The summed E-state index contributed by atoms with van der Waals surface area (Å²) in [5, 5.41) is 17.3. The number of halogens is 1. The van der Waals surface area contributed by atoms with Crippen LogP contribution >= 0.6 is 35.3 Å². The lowest BCUT2D eigenvalue weighted by Gasteiger charge is -2.14. The molecule has 2 heterocycles. The molecule has 31 heavy (non-hydrogen) atoms. The van der Waals surface area contributed by atoms with E-state index in [9.17, 15) is 0 Å². The van der Waals surface area contributed by atoms with Crippen LogP contribution in [0.3, 0.4) is 0 Å². The Labute approximate surface area is 205 Å². The van der Waals surface area contributed by atoms with Gasteiger partial charge in [-0.2, -0.15) is 0 Å². The minimum absolute atomic E-state index is 0. The molecule has 0 aliphatic heterocycles. The number of aliphatic imine (C=N–C) groups is 1. The Morgan fingerprint density at radius 3 is 2.71 bits per heavy atom. The summed E-state index contributed by atoms with van der Waals surface area (Å²) in [6, 6.07) is 10.5. The lowest BCUT2D eigenvalue weighted by Crippen LogP contribution is -2.38. The minimum atomic E-state index is 0. The van der Waals surface area contributed by atoms with E-state index < -0.39 is 0 Å². The third-order valence-electron chi connectivity index (χ3n) is 4.77. The average Bonchev–Trinajstić information content (AvgIpc) is 3.36. The third-order valence-corrected chi connectivity index (χ3v) is 5.71. The van der Waals surface area contributed by atoms with Crippen LogP contribution in [0.2, 0.25) is 0 Å². The SMILES string of the molecule is CCOc1cc(C)ccc1CN=C(NCCc1cccs1)NCc1nnc(C)n1C.I. The number of nitrogens with one attached hydrogen (secondary N) is 2. The predicted molar refractivity (Wildman–Crippen MR) is 138 cm³/mol. The van der Waals surface area contributed by atoms with Crippen LogP contribution in [0.25, 0.3) is 0 Å². The number of nitrogens with zero attached hydrogens (tertiary/aromatic N) is 4. The van der Waals surface area contributed by atoms with Crippen molar-refractivity contribution in [2.45, 2.75) is 40.3 Å². The molecule has 2 N–H and O–H groups in total. The minimum Gasteiger partial charge on any atom is -0.494 e. The van der Waals surface area contributed by atoms with Gasteiger partial charge in [-0.05, 0) is 50.3 Å². The van der Waals surface area contributed by atoms with Crippen molar-refractivity contribution in [3.63, 3.8) is 0 Å². The molecule has 0 amide bonds. The van der Waals surface area contributed by atoms with Gasteiger partial charge in [-0.25, -0.2) is 4.99 Å². The zero-order chi connectivity index (χ0) is 21.3. The van der Waals surface area contributed by atoms with Gasteiger partial charge in [-0.1, -0.05) is 18.2 Å². The van der Waals surface area contributed by atoms with E-state index in [0.717, 1.165) is 41.9 Å². The quantitative estimate of drug-likeness (QED) is 0.238. The molecule has 2 aromatic heterocycles. The maximum atomic E-state index is 5.80. The van der Waals surface area contributed by atoms with E-state index in [4.69, 9.17) is 9.73 Å². The van der Waals surface area contributed by atoms with Gasteiger partial charge < -0.3 is 19.9 Å². The molecule has 0 fully saturated rings. The molecular weight excluding hydrogens is 523 g/mol. The topological polar surface area (TPSA) is 76.4 Å². The van der Waals surface area contributed by atoms with Gasteiger partial charge in [0.2, 0.25) is 0 Å². The summed E-state index contributed by atoms with van der Waals surface area (Å²) in [5.74, 6) is 3.39. The van der Waals surface area contributed by atoms with Crippen LogP contribution in [0.1, 0.15) is 34.6 Å². The second-order valence-electron chi connectivity index (χ2n) is 7.04. The van der Waals surface area contributed by atoms with Gasteiger partial charge >= 0.3 is 0 Å². The average molecular weight is 555 g/mol. The first-order valence-electron chi connectivity index (χ1n) is 10.2. The van der Waals surface area contributed by atoms with E-state index >= 15 is 0 Å². The standard InChI is InChI=1S/C22H30N6OS.HI/c1-5-29-20-13-16(2)8-9-18(20)14-24-22(23-11-10-19-7-6-12-30-19)25-15-21-27-26-17(3)28(21)4;/h6-9,12-13H,5,10-11,14-15H2,1-4H3,(H2,23,24,25);1H. The van der Waals surface area contributed by atoms with Crippen molar-refractivity contribution in [3.05, 3.63) is 63.4 Å². The molecule has 0 radical (unpaired) electrons. The summed E-state index contributed by atoms with van der Waals surface area (Å²) >= 11 is 1.77. The molecule has 168 valence electrons. The number of hydrogen-bond donors (Lipinski definition) is 2. The van der Waals surface area contributed by atoms with Crippen molar-refractivity contribution in [1.82, 2.24) is 25.4 Å². The number of ether oxygens (including phenoxy) is 1. The summed E-state index contributed by atoms with van der Waals surface area (Å²) < 4.78 is 7.77. The van der Waals surface area contributed by atoms with E-state index in [2.05, 4.69) is 63.5 Å². The molecule has 9 heteroatoms. The smallest absolute Gasteiger partial charge is 0.191 e. The van der Waals surface area contributed by atoms with Gasteiger partial charge in [0.15, 0.2) is 11.8 Å².